The summed E-state index contributed by atoms with van der Waals surface area (Å²) in [7, 11) is 0. The van der Waals surface area contributed by atoms with Gasteiger partial charge in [-0.3, -0.25) is 0 Å². The van der Waals surface area contributed by atoms with Gasteiger partial charge in [-0.1, -0.05) is 44.2 Å². The van der Waals surface area contributed by atoms with E-state index in [9.17, 15) is 23.2 Å². The van der Waals surface area contributed by atoms with Crippen LogP contribution in [-0.4, -0.2) is 6.03 Å². The maximum Gasteiger partial charge on any atom is 0.416 e. The number of amides is 2. The number of anilines is 1. The number of urea groups is 1. The third-order valence-electron chi connectivity index (χ3n) is 5.75. The van der Waals surface area contributed by atoms with E-state index in [1.807, 2.05) is 38.1 Å². The van der Waals surface area contributed by atoms with Crippen molar-refractivity contribution in [2.75, 3.05) is 5.32 Å². The minimum absolute atomic E-state index is 0.0165. The number of halogens is 3. The number of allylic oxidation sites excluding steroid dienone is 1. The molecule has 2 aromatic rings. The molecule has 30 heavy (non-hydrogen) atoms. The lowest BCUT2D eigenvalue weighted by Gasteiger charge is -2.38. The number of carbonyl (C=O) groups excluding carboxylic acids is 1. The van der Waals surface area contributed by atoms with E-state index in [4.69, 9.17) is 0 Å². The molecule has 0 aromatic heterocycles. The Morgan fingerprint density at radius 1 is 1.10 bits per heavy atom. The summed E-state index contributed by atoms with van der Waals surface area (Å²) in [5, 5.41) is 15.1. The van der Waals surface area contributed by atoms with Crippen LogP contribution in [0.25, 0.3) is 5.70 Å². The van der Waals surface area contributed by atoms with Crippen molar-refractivity contribution in [3.63, 3.8) is 0 Å². The van der Waals surface area contributed by atoms with Crippen LogP contribution in [0, 0.1) is 16.7 Å². The second kappa shape index (κ2) is 8.23. The largest absolute Gasteiger partial charge is 0.416 e. The summed E-state index contributed by atoms with van der Waals surface area (Å²) in [5.41, 5.74) is 1.44. The first-order chi connectivity index (χ1) is 14.2. The minimum Gasteiger partial charge on any atom is -0.308 e. The summed E-state index contributed by atoms with van der Waals surface area (Å²) in [6, 6.07) is 13.5. The fraction of sp³-hybridized carbons (Fsp3) is 0.304. The first-order valence-electron chi connectivity index (χ1n) is 9.72. The molecule has 0 spiro atoms. The highest BCUT2D eigenvalue weighted by Crippen LogP contribution is 2.46. The van der Waals surface area contributed by atoms with Crippen LogP contribution in [0.4, 0.5) is 23.7 Å². The number of rotatable bonds is 4. The lowest BCUT2D eigenvalue weighted by molar-refractivity contribution is -0.137. The van der Waals surface area contributed by atoms with E-state index in [0.29, 0.717) is 17.7 Å². The van der Waals surface area contributed by atoms with Gasteiger partial charge in [0.15, 0.2) is 0 Å². The summed E-state index contributed by atoms with van der Waals surface area (Å²) in [6.07, 6.45) is -2.36. The number of fused-ring (bicyclic) bond motifs is 1. The van der Waals surface area contributed by atoms with Gasteiger partial charge in [0, 0.05) is 16.7 Å². The third-order valence-corrected chi connectivity index (χ3v) is 5.75. The molecule has 0 bridgehead atoms. The first kappa shape index (κ1) is 21.4. The molecule has 0 saturated heterocycles. The quantitative estimate of drug-likeness (QED) is 0.634. The predicted octanol–water partition coefficient (Wildman–Crippen LogP) is 6.12. The molecule has 0 saturated carbocycles. The third kappa shape index (κ3) is 4.04. The number of alkyl halides is 3. The van der Waals surface area contributed by atoms with Crippen molar-refractivity contribution in [1.29, 1.82) is 5.26 Å². The van der Waals surface area contributed by atoms with Crippen molar-refractivity contribution >= 4 is 17.4 Å². The van der Waals surface area contributed by atoms with Crippen LogP contribution in [0.15, 0.2) is 54.1 Å². The van der Waals surface area contributed by atoms with Crippen molar-refractivity contribution < 1.29 is 18.0 Å². The van der Waals surface area contributed by atoms with Crippen LogP contribution in [0.2, 0.25) is 0 Å². The van der Waals surface area contributed by atoms with E-state index in [2.05, 4.69) is 16.7 Å². The fourth-order valence-corrected chi connectivity index (χ4v) is 3.98. The number of nitrogens with one attached hydrogen (secondary N) is 2. The standard InChI is InChI=1S/C23H22F3N3O/c1-3-22(4-2)13-15-8-5-6-11-18(15)20(19(22)14-27)29-21(30)28-17-10-7-9-16(12-17)23(24,25)26/h5-12H,3-4,13H2,1-2H3,(H2,28,29,30). The summed E-state index contributed by atoms with van der Waals surface area (Å²) in [4.78, 5) is 12.7. The zero-order chi connectivity index (χ0) is 21.9. The maximum atomic E-state index is 12.9. The van der Waals surface area contributed by atoms with Gasteiger partial charge in [0.2, 0.25) is 0 Å². The first-order valence-corrected chi connectivity index (χ1v) is 9.72. The Morgan fingerprint density at radius 2 is 1.80 bits per heavy atom. The maximum absolute atomic E-state index is 12.9. The number of nitriles is 1. The number of benzene rings is 2. The fourth-order valence-electron chi connectivity index (χ4n) is 3.98. The van der Waals surface area contributed by atoms with Crippen LogP contribution in [0.5, 0.6) is 0 Å². The van der Waals surface area contributed by atoms with Gasteiger partial charge in [-0.2, -0.15) is 18.4 Å². The van der Waals surface area contributed by atoms with Gasteiger partial charge in [-0.05, 0) is 43.0 Å². The van der Waals surface area contributed by atoms with Gasteiger partial charge in [-0.15, -0.1) is 0 Å². The molecule has 1 aliphatic carbocycles. The molecule has 0 radical (unpaired) electrons. The topological polar surface area (TPSA) is 64.9 Å². The second-order valence-corrected chi connectivity index (χ2v) is 7.34. The molecule has 156 valence electrons. The molecule has 2 N–H and O–H groups in total. The van der Waals surface area contributed by atoms with Crippen molar-refractivity contribution in [3.05, 3.63) is 70.8 Å². The molecular weight excluding hydrogens is 391 g/mol. The Kier molecular flexibility index (Phi) is 5.88. The molecule has 1 aliphatic rings. The van der Waals surface area contributed by atoms with Crippen LogP contribution in [0.1, 0.15) is 43.4 Å². The summed E-state index contributed by atoms with van der Waals surface area (Å²) in [5.74, 6) is 0. The SMILES string of the molecule is CCC1(CC)Cc2ccccc2C(NC(=O)Nc2cccc(C(F)(F)F)c2)=C1C#N. The highest BCUT2D eigenvalue weighted by atomic mass is 19.4. The van der Waals surface area contributed by atoms with Crippen LogP contribution in [-0.2, 0) is 12.6 Å². The van der Waals surface area contributed by atoms with Crippen LogP contribution in [0.3, 0.4) is 0 Å². The van der Waals surface area contributed by atoms with E-state index >= 15 is 0 Å². The molecule has 2 aromatic carbocycles. The van der Waals surface area contributed by atoms with Gasteiger partial charge >= 0.3 is 12.2 Å². The van der Waals surface area contributed by atoms with Crippen LogP contribution < -0.4 is 10.6 Å². The monoisotopic (exact) mass is 413 g/mol. The molecule has 7 heteroatoms. The minimum atomic E-state index is -4.51. The Labute approximate surface area is 173 Å². The number of nitrogens with zero attached hydrogens (tertiary/aromatic N) is 1. The Balaban J connectivity index is 1.96. The highest BCUT2D eigenvalue weighted by Gasteiger charge is 2.39. The van der Waals surface area contributed by atoms with Gasteiger partial charge in [0.1, 0.15) is 0 Å². The summed E-state index contributed by atoms with van der Waals surface area (Å²) in [6.45, 7) is 4.02. The van der Waals surface area contributed by atoms with E-state index in [-0.39, 0.29) is 5.69 Å². The second-order valence-electron chi connectivity index (χ2n) is 7.34. The highest BCUT2D eigenvalue weighted by molar-refractivity contribution is 5.97. The van der Waals surface area contributed by atoms with E-state index in [1.165, 1.54) is 12.1 Å². The molecule has 0 heterocycles. The van der Waals surface area contributed by atoms with Crippen LogP contribution >= 0.6 is 0 Å². The molecule has 3 rings (SSSR count). The number of hydrogen-bond acceptors (Lipinski definition) is 2. The molecule has 4 nitrogen and oxygen atoms in total. The zero-order valence-corrected chi connectivity index (χ0v) is 16.7. The smallest absolute Gasteiger partial charge is 0.308 e. The lowest BCUT2D eigenvalue weighted by atomic mass is 9.66. The van der Waals surface area contributed by atoms with Crippen molar-refractivity contribution in [3.8, 4) is 6.07 Å². The average Bonchev–Trinajstić information content (AvgIpc) is 2.72. The molecule has 0 unspecified atom stereocenters. The lowest BCUT2D eigenvalue weighted by Crippen LogP contribution is -2.36. The molecule has 0 fully saturated rings. The normalized spacial score (nSPS) is 15.2. The van der Waals surface area contributed by atoms with Crippen molar-refractivity contribution in [1.82, 2.24) is 5.32 Å². The Morgan fingerprint density at radius 3 is 2.43 bits per heavy atom. The van der Waals surface area contributed by atoms with E-state index < -0.39 is 23.2 Å². The Bertz CT molecular complexity index is 1030. The molecular formula is C23H22F3N3O. The van der Waals surface area contributed by atoms with Gasteiger partial charge in [-0.25, -0.2) is 4.79 Å². The molecule has 2 amide bonds. The summed E-state index contributed by atoms with van der Waals surface area (Å²) < 4.78 is 38.8. The number of carbonyl (C=O) groups is 1. The van der Waals surface area contributed by atoms with E-state index in [0.717, 1.165) is 36.1 Å². The zero-order valence-electron chi connectivity index (χ0n) is 16.7. The van der Waals surface area contributed by atoms with Gasteiger partial charge in [0.25, 0.3) is 0 Å². The predicted molar refractivity (Wildman–Crippen MR) is 109 cm³/mol. The van der Waals surface area contributed by atoms with Gasteiger partial charge < -0.3 is 10.6 Å². The summed E-state index contributed by atoms with van der Waals surface area (Å²) >= 11 is 0. The Hall–Kier alpha value is -3.27. The van der Waals surface area contributed by atoms with Gasteiger partial charge in [0.05, 0.1) is 22.9 Å². The van der Waals surface area contributed by atoms with Crippen molar-refractivity contribution in [2.24, 2.45) is 5.41 Å². The van der Waals surface area contributed by atoms with Crippen molar-refractivity contribution in [2.45, 2.75) is 39.3 Å². The number of hydrogen-bond donors (Lipinski definition) is 2. The average molecular weight is 413 g/mol. The molecule has 0 atom stereocenters. The molecule has 0 aliphatic heterocycles. The van der Waals surface area contributed by atoms with E-state index in [1.54, 1.807) is 0 Å².